The molecule has 1 aromatic rings. The second-order valence-corrected chi connectivity index (χ2v) is 6.71. The van der Waals surface area contributed by atoms with Crippen molar-refractivity contribution in [3.63, 3.8) is 0 Å². The fourth-order valence-corrected chi connectivity index (χ4v) is 3.65. The number of piperazine rings is 1. The van der Waals surface area contributed by atoms with Crippen molar-refractivity contribution in [1.29, 1.82) is 0 Å². The lowest BCUT2D eigenvalue weighted by Crippen LogP contribution is -2.56. The molecule has 1 atom stereocenters. The average molecular weight is 362 g/mol. The molecule has 0 radical (unpaired) electrons. The van der Waals surface area contributed by atoms with Crippen molar-refractivity contribution in [2.45, 2.75) is 25.8 Å². The van der Waals surface area contributed by atoms with Gasteiger partial charge in [0.05, 0.1) is 12.2 Å². The molecule has 8 heteroatoms. The lowest BCUT2D eigenvalue weighted by atomic mass is 10.0. The lowest BCUT2D eigenvalue weighted by molar-refractivity contribution is 0.0378. The molecule has 1 aromatic heterocycles. The molecule has 2 fully saturated rings. The molecule has 2 saturated heterocycles. The fourth-order valence-electron chi connectivity index (χ4n) is 3.65. The third kappa shape index (κ3) is 4.24. The number of ether oxygens (including phenoxy) is 1. The minimum atomic E-state index is -0.245. The maximum atomic E-state index is 12.7. The van der Waals surface area contributed by atoms with E-state index in [1.165, 1.54) is 12.3 Å². The van der Waals surface area contributed by atoms with Gasteiger partial charge in [-0.2, -0.15) is 0 Å². The zero-order chi connectivity index (χ0) is 18.5. The zero-order valence-electron chi connectivity index (χ0n) is 15.1. The molecule has 26 heavy (non-hydrogen) atoms. The van der Waals surface area contributed by atoms with Crippen LogP contribution in [0.25, 0.3) is 0 Å². The van der Waals surface area contributed by atoms with Crippen LogP contribution in [0.3, 0.4) is 0 Å². The van der Waals surface area contributed by atoms with Crippen LogP contribution < -0.4 is 5.56 Å². The van der Waals surface area contributed by atoms with Crippen molar-refractivity contribution < 1.29 is 14.3 Å². The highest BCUT2D eigenvalue weighted by Crippen LogP contribution is 2.19. The Morgan fingerprint density at radius 2 is 1.92 bits per heavy atom. The predicted molar refractivity (Wildman–Crippen MR) is 96.2 cm³/mol. The summed E-state index contributed by atoms with van der Waals surface area (Å²) in [7, 11) is 0. The molecule has 2 aliphatic heterocycles. The Kier molecular flexibility index (Phi) is 5.92. The lowest BCUT2D eigenvalue weighted by Gasteiger charge is -2.43. The van der Waals surface area contributed by atoms with Gasteiger partial charge in [-0.3, -0.25) is 14.5 Å². The maximum absolute atomic E-state index is 12.7. The van der Waals surface area contributed by atoms with Gasteiger partial charge in [-0.05, 0) is 25.8 Å². The molecule has 1 N–H and O–H groups in total. The standard InChI is InChI=1S/C18H26N4O4/c1-2-26-18(25)21-10-8-20(9-11-21)15-4-3-7-22(13-15)17(24)14-5-6-16(23)19-12-14/h5-6,12,15H,2-4,7-11,13H2,1H3,(H,19,23)/t15-/m0/s1. The molecule has 0 unspecified atom stereocenters. The van der Waals surface area contributed by atoms with Gasteiger partial charge in [0.2, 0.25) is 5.56 Å². The molecular formula is C18H26N4O4. The van der Waals surface area contributed by atoms with Crippen molar-refractivity contribution in [3.05, 3.63) is 34.2 Å². The second-order valence-electron chi connectivity index (χ2n) is 6.71. The van der Waals surface area contributed by atoms with E-state index in [9.17, 15) is 14.4 Å². The first-order valence-corrected chi connectivity index (χ1v) is 9.22. The van der Waals surface area contributed by atoms with E-state index in [1.807, 2.05) is 11.8 Å². The van der Waals surface area contributed by atoms with Gasteiger partial charge in [-0.15, -0.1) is 0 Å². The Morgan fingerprint density at radius 3 is 2.58 bits per heavy atom. The number of rotatable bonds is 3. The zero-order valence-corrected chi connectivity index (χ0v) is 15.1. The number of pyridine rings is 1. The number of hydrogen-bond acceptors (Lipinski definition) is 5. The summed E-state index contributed by atoms with van der Waals surface area (Å²) in [6.45, 7) is 6.52. The summed E-state index contributed by atoms with van der Waals surface area (Å²) in [5.74, 6) is -0.0453. The van der Waals surface area contributed by atoms with E-state index in [1.54, 1.807) is 11.0 Å². The van der Waals surface area contributed by atoms with E-state index < -0.39 is 0 Å². The molecular weight excluding hydrogens is 336 g/mol. The highest BCUT2D eigenvalue weighted by atomic mass is 16.6. The normalized spacial score (nSPS) is 21.5. The summed E-state index contributed by atoms with van der Waals surface area (Å²) in [5.41, 5.74) is 0.301. The summed E-state index contributed by atoms with van der Waals surface area (Å²) >= 11 is 0. The number of likely N-dealkylation sites (tertiary alicyclic amines) is 1. The van der Waals surface area contributed by atoms with Crippen LogP contribution in [0.2, 0.25) is 0 Å². The Labute approximate surface area is 152 Å². The van der Waals surface area contributed by atoms with Crippen LogP contribution in [-0.2, 0) is 4.74 Å². The molecule has 8 nitrogen and oxygen atoms in total. The first-order valence-electron chi connectivity index (χ1n) is 9.22. The van der Waals surface area contributed by atoms with Crippen molar-refractivity contribution in [1.82, 2.24) is 19.7 Å². The van der Waals surface area contributed by atoms with E-state index in [-0.39, 0.29) is 17.6 Å². The monoisotopic (exact) mass is 362 g/mol. The third-order valence-electron chi connectivity index (χ3n) is 5.07. The Hall–Kier alpha value is -2.35. The molecule has 142 valence electrons. The summed E-state index contributed by atoms with van der Waals surface area (Å²) in [6.07, 6.45) is 3.24. The fraction of sp³-hybridized carbons (Fsp3) is 0.611. The second kappa shape index (κ2) is 8.35. The first-order chi connectivity index (χ1) is 12.6. The Bertz CT molecular complexity index is 676. The van der Waals surface area contributed by atoms with Crippen LogP contribution in [0.15, 0.2) is 23.1 Å². The van der Waals surface area contributed by atoms with Crippen molar-refractivity contribution in [2.75, 3.05) is 45.9 Å². The Morgan fingerprint density at radius 1 is 1.15 bits per heavy atom. The quantitative estimate of drug-likeness (QED) is 0.858. The van der Waals surface area contributed by atoms with Gasteiger partial charge in [0.25, 0.3) is 5.91 Å². The summed E-state index contributed by atoms with van der Waals surface area (Å²) in [4.78, 5) is 44.2. The number of nitrogens with one attached hydrogen (secondary N) is 1. The molecule has 3 heterocycles. The minimum Gasteiger partial charge on any atom is -0.450 e. The number of aromatic amines is 1. The van der Waals surface area contributed by atoms with Gasteiger partial charge in [-0.25, -0.2) is 4.79 Å². The van der Waals surface area contributed by atoms with Gasteiger partial charge < -0.3 is 19.5 Å². The largest absolute Gasteiger partial charge is 0.450 e. The van der Waals surface area contributed by atoms with Crippen LogP contribution in [0.4, 0.5) is 4.79 Å². The molecule has 2 amide bonds. The van der Waals surface area contributed by atoms with Crippen LogP contribution >= 0.6 is 0 Å². The van der Waals surface area contributed by atoms with Gasteiger partial charge in [0.1, 0.15) is 0 Å². The molecule has 0 bridgehead atoms. The third-order valence-corrected chi connectivity index (χ3v) is 5.07. The number of piperidine rings is 1. The predicted octanol–water partition coefficient (Wildman–Crippen LogP) is 0.754. The van der Waals surface area contributed by atoms with Gasteiger partial charge >= 0.3 is 6.09 Å². The van der Waals surface area contributed by atoms with E-state index in [0.29, 0.717) is 37.8 Å². The first kappa shape index (κ1) is 18.4. The van der Waals surface area contributed by atoms with Gasteiger partial charge in [-0.1, -0.05) is 0 Å². The van der Waals surface area contributed by atoms with Crippen LogP contribution in [-0.4, -0.2) is 83.6 Å². The van der Waals surface area contributed by atoms with E-state index in [4.69, 9.17) is 4.74 Å². The van der Waals surface area contributed by atoms with Crippen molar-refractivity contribution >= 4 is 12.0 Å². The number of carbonyl (C=O) groups is 2. The van der Waals surface area contributed by atoms with Crippen molar-refractivity contribution in [3.8, 4) is 0 Å². The maximum Gasteiger partial charge on any atom is 0.409 e. The number of carbonyl (C=O) groups excluding carboxylic acids is 2. The van der Waals surface area contributed by atoms with Gasteiger partial charge in [0.15, 0.2) is 0 Å². The highest BCUT2D eigenvalue weighted by Gasteiger charge is 2.31. The molecule has 3 rings (SSSR count). The molecule has 0 aromatic carbocycles. The SMILES string of the molecule is CCOC(=O)N1CCN([C@H]2CCCN(C(=O)c3ccc(=O)[nH]c3)C2)CC1. The smallest absolute Gasteiger partial charge is 0.409 e. The van der Waals surface area contributed by atoms with Crippen LogP contribution in [0.5, 0.6) is 0 Å². The van der Waals surface area contributed by atoms with Gasteiger partial charge in [0, 0.05) is 57.6 Å². The molecule has 0 spiro atoms. The van der Waals surface area contributed by atoms with E-state index in [0.717, 1.165) is 32.5 Å². The summed E-state index contributed by atoms with van der Waals surface area (Å²) in [6, 6.07) is 3.26. The van der Waals surface area contributed by atoms with Crippen LogP contribution in [0.1, 0.15) is 30.1 Å². The topological polar surface area (TPSA) is 85.9 Å². The van der Waals surface area contributed by atoms with E-state index in [2.05, 4.69) is 9.88 Å². The molecule has 0 saturated carbocycles. The Balaban J connectivity index is 1.55. The summed E-state index contributed by atoms with van der Waals surface area (Å²) < 4.78 is 5.06. The minimum absolute atomic E-state index is 0.0453. The van der Waals surface area contributed by atoms with E-state index >= 15 is 0 Å². The number of amides is 2. The van der Waals surface area contributed by atoms with Crippen LogP contribution in [0, 0.1) is 0 Å². The number of aromatic nitrogens is 1. The number of hydrogen-bond donors (Lipinski definition) is 1. The molecule has 2 aliphatic rings. The highest BCUT2D eigenvalue weighted by molar-refractivity contribution is 5.93. The summed E-state index contributed by atoms with van der Waals surface area (Å²) in [5, 5.41) is 0. The number of H-pyrrole nitrogens is 1. The number of nitrogens with zero attached hydrogens (tertiary/aromatic N) is 3. The molecule has 0 aliphatic carbocycles. The average Bonchev–Trinajstić information content (AvgIpc) is 2.68. The van der Waals surface area contributed by atoms with Crippen molar-refractivity contribution in [2.24, 2.45) is 0 Å².